The molecular weight excluding hydrogens is 218 g/mol. The molecule has 0 aromatic heterocycles. The van der Waals surface area contributed by atoms with Crippen LogP contribution in [0, 0.1) is 5.82 Å². The molecule has 0 bridgehead atoms. The fraction of sp³-hybridized carbons (Fsp3) is 0.250. The van der Waals surface area contributed by atoms with Crippen LogP contribution >= 0.6 is 11.8 Å². The van der Waals surface area contributed by atoms with Gasteiger partial charge < -0.3 is 5.73 Å². The molecule has 0 aliphatic rings. The maximum Gasteiger partial charge on any atom is 0.398 e. The van der Waals surface area contributed by atoms with Gasteiger partial charge >= 0.3 is 6.18 Å². The van der Waals surface area contributed by atoms with Crippen molar-refractivity contribution in [1.82, 2.24) is 0 Å². The minimum Gasteiger partial charge on any atom is -0.396 e. The van der Waals surface area contributed by atoms with Crippen LogP contribution < -0.4 is 5.73 Å². The summed E-state index contributed by atoms with van der Waals surface area (Å²) >= 11 is 0.579. The van der Waals surface area contributed by atoms with Crippen LogP contribution in [-0.4, -0.2) is 11.9 Å². The third-order valence-electron chi connectivity index (χ3n) is 1.37. The van der Waals surface area contributed by atoms with Crippen molar-refractivity contribution < 1.29 is 17.6 Å². The van der Waals surface area contributed by atoms with E-state index in [4.69, 9.17) is 5.73 Å². The maximum absolute atomic E-state index is 12.6. The molecule has 1 aromatic carbocycles. The predicted molar refractivity (Wildman–Crippen MR) is 47.6 cm³/mol. The number of nitrogens with two attached hydrogens (primary N) is 1. The van der Waals surface area contributed by atoms with E-state index >= 15 is 0 Å². The van der Waals surface area contributed by atoms with E-state index in [1.54, 1.807) is 0 Å². The van der Waals surface area contributed by atoms with Crippen LogP contribution in [0.3, 0.4) is 0 Å². The molecule has 6 heteroatoms. The van der Waals surface area contributed by atoms with Crippen LogP contribution in [0.2, 0.25) is 0 Å². The Morgan fingerprint density at radius 3 is 2.43 bits per heavy atom. The van der Waals surface area contributed by atoms with Gasteiger partial charge in [0, 0.05) is 4.90 Å². The Hall–Kier alpha value is -0.910. The molecule has 2 N–H and O–H groups in total. The van der Waals surface area contributed by atoms with E-state index in [0.29, 0.717) is 16.7 Å². The Morgan fingerprint density at radius 1 is 1.29 bits per heavy atom. The van der Waals surface area contributed by atoms with Crippen molar-refractivity contribution in [2.45, 2.75) is 11.1 Å². The fourth-order valence-corrected chi connectivity index (χ4v) is 1.48. The third-order valence-corrected chi connectivity index (χ3v) is 2.43. The lowest BCUT2D eigenvalue weighted by atomic mass is 10.3. The Kier molecular flexibility index (Phi) is 3.25. The average molecular weight is 225 g/mol. The van der Waals surface area contributed by atoms with Crippen LogP contribution in [0.5, 0.6) is 0 Å². The number of alkyl halides is 3. The molecule has 0 heterocycles. The molecule has 1 aromatic rings. The normalized spacial score (nSPS) is 11.7. The second-order valence-corrected chi connectivity index (χ2v) is 3.64. The summed E-state index contributed by atoms with van der Waals surface area (Å²) in [5, 5.41) is 0. The minimum atomic E-state index is -4.23. The highest BCUT2D eigenvalue weighted by Gasteiger charge is 2.27. The molecule has 0 aliphatic carbocycles. The number of benzene rings is 1. The van der Waals surface area contributed by atoms with Gasteiger partial charge in [-0.15, -0.1) is 11.8 Å². The van der Waals surface area contributed by atoms with Crippen LogP contribution in [0.4, 0.5) is 23.2 Å². The summed E-state index contributed by atoms with van der Waals surface area (Å²) in [5.74, 6) is -1.63. The topological polar surface area (TPSA) is 26.0 Å². The number of thioether (sulfide) groups is 1. The van der Waals surface area contributed by atoms with E-state index in [0.717, 1.165) is 6.07 Å². The second kappa shape index (κ2) is 4.08. The summed E-state index contributed by atoms with van der Waals surface area (Å²) in [5.41, 5.74) is 5.05. The monoisotopic (exact) mass is 225 g/mol. The smallest absolute Gasteiger partial charge is 0.396 e. The Bertz CT molecular complexity index is 324. The molecule has 0 aliphatic heterocycles. The van der Waals surface area contributed by atoms with Gasteiger partial charge in [-0.3, -0.25) is 0 Å². The van der Waals surface area contributed by atoms with Crippen molar-refractivity contribution in [3.63, 3.8) is 0 Å². The molecule has 0 spiro atoms. The standard InChI is InChI=1S/C8H7F4NS/c9-6-2-1-5(3-7(6)13)14-4-8(10,11)12/h1-3H,4,13H2. The van der Waals surface area contributed by atoms with Crippen molar-refractivity contribution >= 4 is 17.4 Å². The molecule has 0 fully saturated rings. The van der Waals surface area contributed by atoms with Crippen molar-refractivity contribution in [1.29, 1.82) is 0 Å². The van der Waals surface area contributed by atoms with Gasteiger partial charge in [-0.1, -0.05) is 0 Å². The van der Waals surface area contributed by atoms with E-state index in [2.05, 4.69) is 0 Å². The van der Waals surface area contributed by atoms with Crippen molar-refractivity contribution in [2.24, 2.45) is 0 Å². The first-order valence-corrected chi connectivity index (χ1v) is 4.61. The molecule has 0 atom stereocenters. The summed E-state index contributed by atoms with van der Waals surface area (Å²) in [6.07, 6.45) is -4.23. The highest BCUT2D eigenvalue weighted by atomic mass is 32.2. The number of anilines is 1. The first-order chi connectivity index (χ1) is 6.38. The molecule has 0 saturated heterocycles. The summed E-state index contributed by atoms with van der Waals surface area (Å²) < 4.78 is 48.0. The second-order valence-electron chi connectivity index (χ2n) is 2.59. The summed E-state index contributed by atoms with van der Waals surface area (Å²) in [4.78, 5) is 0.307. The van der Waals surface area contributed by atoms with E-state index in [9.17, 15) is 17.6 Å². The van der Waals surface area contributed by atoms with Crippen LogP contribution in [0.1, 0.15) is 0 Å². The molecule has 0 amide bonds. The van der Waals surface area contributed by atoms with Crippen molar-refractivity contribution in [2.75, 3.05) is 11.5 Å². The first-order valence-electron chi connectivity index (χ1n) is 3.63. The van der Waals surface area contributed by atoms with Crippen LogP contribution in [0.25, 0.3) is 0 Å². The van der Waals surface area contributed by atoms with E-state index in [1.807, 2.05) is 0 Å². The van der Waals surface area contributed by atoms with E-state index in [-0.39, 0.29) is 5.69 Å². The van der Waals surface area contributed by atoms with Gasteiger partial charge in [0.25, 0.3) is 0 Å². The number of nitrogen functional groups attached to an aromatic ring is 1. The zero-order chi connectivity index (χ0) is 10.8. The highest BCUT2D eigenvalue weighted by molar-refractivity contribution is 7.99. The van der Waals surface area contributed by atoms with Gasteiger partial charge in [-0.2, -0.15) is 13.2 Å². The molecule has 0 unspecified atom stereocenters. The lowest BCUT2D eigenvalue weighted by Crippen LogP contribution is -2.10. The SMILES string of the molecule is Nc1cc(SCC(F)(F)F)ccc1F. The van der Waals surface area contributed by atoms with Gasteiger partial charge in [0.1, 0.15) is 5.82 Å². The highest BCUT2D eigenvalue weighted by Crippen LogP contribution is 2.28. The van der Waals surface area contributed by atoms with Gasteiger partial charge in [0.2, 0.25) is 0 Å². The van der Waals surface area contributed by atoms with Gasteiger partial charge in [0.15, 0.2) is 0 Å². The summed E-state index contributed by atoms with van der Waals surface area (Å²) in [7, 11) is 0. The van der Waals surface area contributed by atoms with Gasteiger partial charge in [-0.05, 0) is 18.2 Å². The third kappa shape index (κ3) is 3.45. The number of hydrogen-bond donors (Lipinski definition) is 1. The van der Waals surface area contributed by atoms with E-state index in [1.165, 1.54) is 12.1 Å². The molecule has 0 radical (unpaired) electrons. The molecule has 78 valence electrons. The average Bonchev–Trinajstić information content (AvgIpc) is 2.06. The molecule has 1 nitrogen and oxygen atoms in total. The maximum atomic E-state index is 12.6. The zero-order valence-electron chi connectivity index (χ0n) is 6.94. The molecule has 14 heavy (non-hydrogen) atoms. The van der Waals surface area contributed by atoms with E-state index < -0.39 is 17.7 Å². The number of halogens is 4. The Morgan fingerprint density at radius 2 is 1.93 bits per heavy atom. The minimum absolute atomic E-state index is 0.142. The van der Waals surface area contributed by atoms with Gasteiger partial charge in [0.05, 0.1) is 11.4 Å². The van der Waals surface area contributed by atoms with Gasteiger partial charge in [-0.25, -0.2) is 4.39 Å². The molecular formula is C8H7F4NS. The molecule has 1 rings (SSSR count). The lowest BCUT2D eigenvalue weighted by molar-refractivity contribution is -0.105. The molecule has 0 saturated carbocycles. The largest absolute Gasteiger partial charge is 0.398 e. The lowest BCUT2D eigenvalue weighted by Gasteiger charge is -2.06. The first kappa shape index (κ1) is 11.2. The van der Waals surface area contributed by atoms with Crippen molar-refractivity contribution in [3.8, 4) is 0 Å². The quantitative estimate of drug-likeness (QED) is 0.475. The fourth-order valence-electron chi connectivity index (χ4n) is 0.777. The Labute approximate surface area is 82.3 Å². The van der Waals surface area contributed by atoms with Crippen molar-refractivity contribution in [3.05, 3.63) is 24.0 Å². The summed E-state index contributed by atoms with van der Waals surface area (Å²) in [6, 6.07) is 3.50. The Balaban J connectivity index is 2.65. The number of rotatable bonds is 2. The van der Waals surface area contributed by atoms with Crippen LogP contribution in [0.15, 0.2) is 23.1 Å². The van der Waals surface area contributed by atoms with Crippen LogP contribution in [-0.2, 0) is 0 Å². The predicted octanol–water partition coefficient (Wildman–Crippen LogP) is 3.06. The number of hydrogen-bond acceptors (Lipinski definition) is 2. The summed E-state index contributed by atoms with van der Waals surface area (Å²) in [6.45, 7) is 0. The zero-order valence-corrected chi connectivity index (χ0v) is 7.75.